The maximum Gasteiger partial charge on any atom is 0.251 e. The Hall–Kier alpha value is -3.07. The average Bonchev–Trinajstić information content (AvgIpc) is 2.94. The predicted octanol–water partition coefficient (Wildman–Crippen LogP) is 2.34. The molecule has 0 bridgehead atoms. The van der Waals surface area contributed by atoms with Crippen LogP contribution in [0.1, 0.15) is 5.56 Å². The van der Waals surface area contributed by atoms with Gasteiger partial charge in [-0.25, -0.2) is 19.0 Å². The van der Waals surface area contributed by atoms with Crippen molar-refractivity contribution in [3.05, 3.63) is 60.3 Å². The van der Waals surface area contributed by atoms with E-state index < -0.39 is 5.82 Å². The lowest BCUT2D eigenvalue weighted by atomic mass is 10.1. The summed E-state index contributed by atoms with van der Waals surface area (Å²) in [5.74, 6) is -0.212. The summed E-state index contributed by atoms with van der Waals surface area (Å²) in [5, 5.41) is 12.9. The van der Waals surface area contributed by atoms with Crippen LogP contribution in [0.2, 0.25) is 0 Å². The number of benzene rings is 1. The van der Waals surface area contributed by atoms with E-state index in [1.165, 1.54) is 10.9 Å². The standard InChI is InChI=1S/C14H8FN5/c15-11-8-18-20(9-11)14-17-6-5-13(19-14)12-4-2-1-3-10(12)7-16/h1-6,8-9H. The number of rotatable bonds is 2. The lowest BCUT2D eigenvalue weighted by molar-refractivity contribution is 0.626. The molecule has 0 saturated carbocycles. The first-order valence-corrected chi connectivity index (χ1v) is 5.81. The van der Waals surface area contributed by atoms with Crippen LogP contribution in [-0.4, -0.2) is 19.7 Å². The molecule has 0 unspecified atom stereocenters. The fraction of sp³-hybridized carbons (Fsp3) is 0. The van der Waals surface area contributed by atoms with Gasteiger partial charge in [-0.05, 0) is 12.1 Å². The van der Waals surface area contributed by atoms with Gasteiger partial charge in [0.1, 0.15) is 0 Å². The van der Waals surface area contributed by atoms with Gasteiger partial charge in [0.25, 0.3) is 5.95 Å². The highest BCUT2D eigenvalue weighted by molar-refractivity contribution is 5.67. The molecule has 20 heavy (non-hydrogen) atoms. The molecule has 0 N–H and O–H groups in total. The van der Waals surface area contributed by atoms with Crippen molar-refractivity contribution in [2.24, 2.45) is 0 Å². The largest absolute Gasteiger partial charge is 0.251 e. The van der Waals surface area contributed by atoms with Gasteiger partial charge in [-0.1, -0.05) is 18.2 Å². The van der Waals surface area contributed by atoms with Gasteiger partial charge < -0.3 is 0 Å². The van der Waals surface area contributed by atoms with Crippen LogP contribution in [0.15, 0.2) is 48.9 Å². The van der Waals surface area contributed by atoms with E-state index in [4.69, 9.17) is 5.26 Å². The minimum atomic E-state index is -0.462. The van der Waals surface area contributed by atoms with Gasteiger partial charge >= 0.3 is 0 Å². The van der Waals surface area contributed by atoms with Crippen molar-refractivity contribution in [3.8, 4) is 23.3 Å². The minimum absolute atomic E-state index is 0.249. The van der Waals surface area contributed by atoms with E-state index in [2.05, 4.69) is 21.1 Å². The van der Waals surface area contributed by atoms with Crippen molar-refractivity contribution in [1.82, 2.24) is 19.7 Å². The lowest BCUT2D eigenvalue weighted by Gasteiger charge is -2.05. The van der Waals surface area contributed by atoms with E-state index in [-0.39, 0.29) is 5.95 Å². The van der Waals surface area contributed by atoms with Crippen LogP contribution in [0, 0.1) is 17.1 Å². The Balaban J connectivity index is 2.10. The summed E-state index contributed by atoms with van der Waals surface area (Å²) in [6.45, 7) is 0. The highest BCUT2D eigenvalue weighted by atomic mass is 19.1. The second-order valence-corrected chi connectivity index (χ2v) is 4.00. The van der Waals surface area contributed by atoms with Crippen LogP contribution in [0.4, 0.5) is 4.39 Å². The molecule has 0 spiro atoms. The van der Waals surface area contributed by atoms with Gasteiger partial charge in [-0.15, -0.1) is 0 Å². The van der Waals surface area contributed by atoms with Gasteiger partial charge in [0, 0.05) is 11.8 Å². The summed E-state index contributed by atoms with van der Waals surface area (Å²) >= 11 is 0. The zero-order chi connectivity index (χ0) is 13.9. The van der Waals surface area contributed by atoms with E-state index in [1.54, 1.807) is 30.5 Å². The third-order valence-corrected chi connectivity index (χ3v) is 2.72. The molecule has 6 heteroatoms. The van der Waals surface area contributed by atoms with Crippen molar-refractivity contribution >= 4 is 0 Å². The van der Waals surface area contributed by atoms with Crippen molar-refractivity contribution in [1.29, 1.82) is 5.26 Å². The van der Waals surface area contributed by atoms with Gasteiger partial charge in [-0.2, -0.15) is 10.4 Å². The summed E-state index contributed by atoms with van der Waals surface area (Å²) in [4.78, 5) is 8.35. The Bertz CT molecular complexity index is 803. The predicted molar refractivity (Wildman–Crippen MR) is 69.3 cm³/mol. The van der Waals surface area contributed by atoms with Crippen LogP contribution in [0.25, 0.3) is 17.2 Å². The van der Waals surface area contributed by atoms with Gasteiger partial charge in [0.2, 0.25) is 0 Å². The summed E-state index contributed by atoms with van der Waals surface area (Å²) in [7, 11) is 0. The number of aromatic nitrogens is 4. The van der Waals surface area contributed by atoms with E-state index >= 15 is 0 Å². The monoisotopic (exact) mass is 265 g/mol. The van der Waals surface area contributed by atoms with Crippen LogP contribution in [-0.2, 0) is 0 Å². The Kier molecular flexibility index (Phi) is 2.94. The average molecular weight is 265 g/mol. The van der Waals surface area contributed by atoms with Gasteiger partial charge in [0.15, 0.2) is 5.82 Å². The number of nitrogens with zero attached hydrogens (tertiary/aromatic N) is 5. The topological polar surface area (TPSA) is 67.4 Å². The third-order valence-electron chi connectivity index (χ3n) is 2.72. The number of hydrogen-bond donors (Lipinski definition) is 0. The van der Waals surface area contributed by atoms with Crippen molar-refractivity contribution in [3.63, 3.8) is 0 Å². The smallest absolute Gasteiger partial charge is 0.220 e. The molecule has 0 aliphatic carbocycles. The van der Waals surface area contributed by atoms with Crippen LogP contribution < -0.4 is 0 Å². The molecular formula is C14H8FN5. The maximum atomic E-state index is 13.0. The molecule has 3 aromatic rings. The zero-order valence-corrected chi connectivity index (χ0v) is 10.2. The normalized spacial score (nSPS) is 10.2. The Morgan fingerprint density at radius 3 is 2.80 bits per heavy atom. The van der Waals surface area contributed by atoms with E-state index in [0.29, 0.717) is 16.8 Å². The van der Waals surface area contributed by atoms with E-state index in [9.17, 15) is 4.39 Å². The first-order chi connectivity index (χ1) is 9.78. The molecule has 0 saturated heterocycles. The SMILES string of the molecule is N#Cc1ccccc1-c1ccnc(-n2cc(F)cn2)n1. The second-order valence-electron chi connectivity index (χ2n) is 4.00. The molecule has 5 nitrogen and oxygen atoms in total. The summed E-state index contributed by atoms with van der Waals surface area (Å²) in [5.41, 5.74) is 1.80. The van der Waals surface area contributed by atoms with Crippen LogP contribution >= 0.6 is 0 Å². The number of halogens is 1. The molecule has 2 aromatic heterocycles. The molecule has 3 rings (SSSR count). The molecular weight excluding hydrogens is 257 g/mol. The fourth-order valence-corrected chi connectivity index (χ4v) is 1.82. The first kappa shape index (κ1) is 12.0. The van der Waals surface area contributed by atoms with Gasteiger partial charge in [0.05, 0.1) is 29.7 Å². The molecule has 0 amide bonds. The Labute approximate surface area is 114 Å². The first-order valence-electron chi connectivity index (χ1n) is 5.81. The van der Waals surface area contributed by atoms with Crippen molar-refractivity contribution < 1.29 is 4.39 Å². The fourth-order valence-electron chi connectivity index (χ4n) is 1.82. The lowest BCUT2D eigenvalue weighted by Crippen LogP contribution is -2.02. The highest BCUT2D eigenvalue weighted by Gasteiger charge is 2.08. The number of hydrogen-bond acceptors (Lipinski definition) is 4. The molecule has 1 aromatic carbocycles. The van der Waals surface area contributed by atoms with Gasteiger partial charge in [-0.3, -0.25) is 0 Å². The maximum absolute atomic E-state index is 13.0. The molecule has 0 aliphatic rings. The molecule has 0 aliphatic heterocycles. The van der Waals surface area contributed by atoms with E-state index in [1.807, 2.05) is 6.07 Å². The minimum Gasteiger partial charge on any atom is -0.220 e. The molecule has 0 atom stereocenters. The zero-order valence-electron chi connectivity index (χ0n) is 10.2. The summed E-state index contributed by atoms with van der Waals surface area (Å²) < 4.78 is 14.2. The molecule has 2 heterocycles. The van der Waals surface area contributed by atoms with Crippen molar-refractivity contribution in [2.45, 2.75) is 0 Å². The molecule has 96 valence electrons. The Morgan fingerprint density at radius 2 is 2.05 bits per heavy atom. The summed E-state index contributed by atoms with van der Waals surface area (Å²) in [6.07, 6.45) is 3.82. The van der Waals surface area contributed by atoms with Crippen molar-refractivity contribution in [2.75, 3.05) is 0 Å². The third kappa shape index (κ3) is 2.12. The quantitative estimate of drug-likeness (QED) is 0.713. The molecule has 0 fully saturated rings. The highest BCUT2D eigenvalue weighted by Crippen LogP contribution is 2.21. The van der Waals surface area contributed by atoms with Crippen LogP contribution in [0.5, 0.6) is 0 Å². The summed E-state index contributed by atoms with van der Waals surface area (Å²) in [6, 6.07) is 10.9. The number of nitriles is 1. The Morgan fingerprint density at radius 1 is 1.20 bits per heavy atom. The van der Waals surface area contributed by atoms with E-state index in [0.717, 1.165) is 6.20 Å². The second kappa shape index (κ2) is 4.90. The van der Waals surface area contributed by atoms with Crippen LogP contribution in [0.3, 0.4) is 0 Å². The molecule has 0 radical (unpaired) electrons.